The molecule has 0 saturated carbocycles. The molecule has 6 rings (SSSR count). The maximum Gasteiger partial charge on any atom is 0.270 e. The van der Waals surface area contributed by atoms with Gasteiger partial charge in [0.1, 0.15) is 11.4 Å². The second kappa shape index (κ2) is 9.50. The fraction of sp³-hybridized carbons (Fsp3) is 0.250. The highest BCUT2D eigenvalue weighted by Crippen LogP contribution is 2.35. The Morgan fingerprint density at radius 2 is 1.92 bits per heavy atom. The molecule has 1 aliphatic carbocycles. The van der Waals surface area contributed by atoms with E-state index < -0.39 is 17.6 Å². The molecule has 0 radical (unpaired) electrons. The van der Waals surface area contributed by atoms with E-state index in [0.29, 0.717) is 29.9 Å². The summed E-state index contributed by atoms with van der Waals surface area (Å²) in [6.07, 6.45) is 2.31. The molecule has 2 aromatic carbocycles. The SMILES string of the molecule is CC(=O)c1ccc2c(c1C)CC[C@@H]2NC(=O)c1cc(C(=O)NCc2ccc3c(c2)OCO3)nc2c(F)cnn12. The molecule has 2 N–H and O–H groups in total. The van der Waals surface area contributed by atoms with Crippen LogP contribution >= 0.6 is 0 Å². The number of hydrogen-bond donors (Lipinski definition) is 2. The third-order valence-electron chi connectivity index (χ3n) is 7.16. The van der Waals surface area contributed by atoms with Crippen LogP contribution in [0.3, 0.4) is 0 Å². The molecule has 3 heterocycles. The molecule has 0 bridgehead atoms. The summed E-state index contributed by atoms with van der Waals surface area (Å²) in [5.74, 6) is -0.656. The van der Waals surface area contributed by atoms with E-state index in [0.717, 1.165) is 33.0 Å². The predicted molar refractivity (Wildman–Crippen MR) is 136 cm³/mol. The van der Waals surface area contributed by atoms with E-state index in [1.165, 1.54) is 13.0 Å². The highest BCUT2D eigenvalue weighted by Gasteiger charge is 2.29. The fourth-order valence-electron chi connectivity index (χ4n) is 5.18. The minimum absolute atomic E-state index is 0.00741. The molecular weight excluding hydrogens is 505 g/mol. The second-order valence-electron chi connectivity index (χ2n) is 9.55. The van der Waals surface area contributed by atoms with E-state index in [4.69, 9.17) is 9.47 Å². The molecule has 2 aromatic heterocycles. The first-order valence-electron chi connectivity index (χ1n) is 12.5. The molecule has 0 saturated heterocycles. The number of halogens is 1. The van der Waals surface area contributed by atoms with Gasteiger partial charge in [-0.3, -0.25) is 14.4 Å². The summed E-state index contributed by atoms with van der Waals surface area (Å²) in [6, 6.07) is 9.93. The van der Waals surface area contributed by atoms with Crippen LogP contribution in [0.15, 0.2) is 42.6 Å². The van der Waals surface area contributed by atoms with Gasteiger partial charge in [0.05, 0.1) is 12.2 Å². The second-order valence-corrected chi connectivity index (χ2v) is 9.55. The molecule has 0 fully saturated rings. The monoisotopic (exact) mass is 529 g/mol. The quantitative estimate of drug-likeness (QED) is 0.367. The zero-order valence-corrected chi connectivity index (χ0v) is 21.2. The standard InChI is InChI=1S/C28H24FN5O5/c1-14-17(15(2)35)4-5-19-18(14)6-7-21(19)33-28(37)23-10-22(32-26-20(29)12-31-34(23)26)27(36)30-11-16-3-8-24-25(9-16)39-13-38-24/h3-5,8-10,12,21H,6-7,11,13H2,1-2H3,(H,30,36)(H,33,37)/t21-/m0/s1. The number of benzene rings is 2. The van der Waals surface area contributed by atoms with E-state index in [1.54, 1.807) is 24.3 Å². The summed E-state index contributed by atoms with van der Waals surface area (Å²) in [7, 11) is 0. The van der Waals surface area contributed by atoms with Crippen LogP contribution in [0.5, 0.6) is 11.5 Å². The molecule has 1 atom stereocenters. The van der Waals surface area contributed by atoms with Crippen molar-refractivity contribution in [2.75, 3.05) is 6.79 Å². The van der Waals surface area contributed by atoms with Gasteiger partial charge in [-0.15, -0.1) is 0 Å². The van der Waals surface area contributed by atoms with Gasteiger partial charge >= 0.3 is 0 Å². The van der Waals surface area contributed by atoms with Crippen molar-refractivity contribution in [3.63, 3.8) is 0 Å². The van der Waals surface area contributed by atoms with Crippen molar-refractivity contribution in [2.45, 2.75) is 39.3 Å². The van der Waals surface area contributed by atoms with Gasteiger partial charge in [-0.2, -0.15) is 5.10 Å². The van der Waals surface area contributed by atoms with E-state index in [9.17, 15) is 18.8 Å². The molecular formula is C28H24FN5O5. The zero-order valence-electron chi connectivity index (χ0n) is 21.2. The van der Waals surface area contributed by atoms with E-state index in [2.05, 4.69) is 20.7 Å². The van der Waals surface area contributed by atoms with Crippen molar-refractivity contribution in [3.8, 4) is 11.5 Å². The molecule has 11 heteroatoms. The lowest BCUT2D eigenvalue weighted by Crippen LogP contribution is -2.30. The number of fused-ring (bicyclic) bond motifs is 3. The summed E-state index contributed by atoms with van der Waals surface area (Å²) in [5.41, 5.74) is 3.95. The minimum atomic E-state index is -0.756. The van der Waals surface area contributed by atoms with E-state index in [1.807, 2.05) is 13.0 Å². The van der Waals surface area contributed by atoms with Crippen LogP contribution < -0.4 is 20.1 Å². The van der Waals surface area contributed by atoms with Crippen LogP contribution in [0.2, 0.25) is 0 Å². The van der Waals surface area contributed by atoms with Crippen LogP contribution in [-0.4, -0.2) is 39.0 Å². The van der Waals surface area contributed by atoms with Gasteiger partial charge in [-0.05, 0) is 61.1 Å². The third kappa shape index (κ3) is 4.35. The smallest absolute Gasteiger partial charge is 0.270 e. The Morgan fingerprint density at radius 1 is 1.10 bits per heavy atom. The average Bonchev–Trinajstić information content (AvgIpc) is 3.65. The summed E-state index contributed by atoms with van der Waals surface area (Å²) >= 11 is 0. The molecule has 0 spiro atoms. The van der Waals surface area contributed by atoms with Crippen molar-refractivity contribution >= 4 is 23.2 Å². The highest BCUT2D eigenvalue weighted by molar-refractivity contribution is 5.99. The Balaban J connectivity index is 1.25. The normalized spacial score (nSPS) is 15.3. The highest BCUT2D eigenvalue weighted by atomic mass is 19.1. The Morgan fingerprint density at radius 3 is 2.74 bits per heavy atom. The first kappa shape index (κ1) is 24.5. The maximum absolute atomic E-state index is 14.5. The van der Waals surface area contributed by atoms with Gasteiger partial charge in [0, 0.05) is 18.2 Å². The van der Waals surface area contributed by atoms with Gasteiger partial charge in [0.2, 0.25) is 6.79 Å². The first-order chi connectivity index (χ1) is 18.8. The lowest BCUT2D eigenvalue weighted by molar-refractivity contribution is 0.0927. The van der Waals surface area contributed by atoms with E-state index >= 15 is 0 Å². The van der Waals surface area contributed by atoms with Crippen molar-refractivity contribution in [1.82, 2.24) is 25.2 Å². The summed E-state index contributed by atoms with van der Waals surface area (Å²) < 4.78 is 26.2. The molecule has 1 aliphatic heterocycles. The number of ether oxygens (including phenoxy) is 2. The van der Waals surface area contributed by atoms with Crippen molar-refractivity contribution < 1.29 is 28.2 Å². The van der Waals surface area contributed by atoms with Gasteiger partial charge < -0.3 is 20.1 Å². The van der Waals surface area contributed by atoms with Gasteiger partial charge in [0.25, 0.3) is 11.8 Å². The largest absolute Gasteiger partial charge is 0.454 e. The summed E-state index contributed by atoms with van der Waals surface area (Å²) in [6.45, 7) is 3.74. The molecule has 2 aliphatic rings. The van der Waals surface area contributed by atoms with Crippen molar-refractivity contribution in [2.24, 2.45) is 0 Å². The molecule has 10 nitrogen and oxygen atoms in total. The minimum Gasteiger partial charge on any atom is -0.454 e. The van der Waals surface area contributed by atoms with Crippen LogP contribution in [0.25, 0.3) is 5.65 Å². The number of carbonyl (C=O) groups excluding carboxylic acids is 3. The van der Waals surface area contributed by atoms with Crippen LogP contribution in [0.1, 0.15) is 73.0 Å². The molecule has 198 valence electrons. The Kier molecular flexibility index (Phi) is 5.97. The molecule has 4 aromatic rings. The fourth-order valence-corrected chi connectivity index (χ4v) is 5.18. The Bertz CT molecular complexity index is 1680. The third-order valence-corrected chi connectivity index (χ3v) is 7.16. The number of carbonyl (C=O) groups is 3. The number of hydrogen-bond acceptors (Lipinski definition) is 7. The van der Waals surface area contributed by atoms with Crippen LogP contribution in [0.4, 0.5) is 4.39 Å². The van der Waals surface area contributed by atoms with Crippen LogP contribution in [0, 0.1) is 12.7 Å². The Labute approximate surface area is 222 Å². The number of nitrogens with one attached hydrogen (secondary N) is 2. The van der Waals surface area contributed by atoms with Gasteiger partial charge in [0.15, 0.2) is 28.7 Å². The number of nitrogens with zero attached hydrogens (tertiary/aromatic N) is 3. The summed E-state index contributed by atoms with van der Waals surface area (Å²) in [4.78, 5) is 42.5. The summed E-state index contributed by atoms with van der Waals surface area (Å²) in [5, 5.41) is 9.68. The number of aromatic nitrogens is 3. The van der Waals surface area contributed by atoms with E-state index in [-0.39, 0.29) is 42.2 Å². The van der Waals surface area contributed by atoms with Gasteiger partial charge in [-0.25, -0.2) is 13.9 Å². The predicted octanol–water partition coefficient (Wildman–Crippen LogP) is 3.46. The lowest BCUT2D eigenvalue weighted by atomic mass is 9.96. The van der Waals surface area contributed by atoms with Crippen LogP contribution in [-0.2, 0) is 13.0 Å². The maximum atomic E-state index is 14.5. The van der Waals surface area contributed by atoms with Crippen molar-refractivity contribution in [1.29, 1.82) is 0 Å². The Hall–Kier alpha value is -4.80. The number of Topliss-reactive ketones (excluding diaryl/α,β-unsaturated/α-hetero) is 1. The van der Waals surface area contributed by atoms with Crippen molar-refractivity contribution in [3.05, 3.63) is 87.6 Å². The topological polar surface area (TPSA) is 124 Å². The zero-order chi connectivity index (χ0) is 27.3. The molecule has 0 unspecified atom stereocenters. The molecule has 39 heavy (non-hydrogen) atoms. The first-order valence-corrected chi connectivity index (χ1v) is 12.5. The molecule has 2 amide bonds. The lowest BCUT2D eigenvalue weighted by Gasteiger charge is -2.16. The number of rotatable bonds is 6. The number of amides is 2. The number of ketones is 1. The average molecular weight is 530 g/mol. The van der Waals surface area contributed by atoms with Gasteiger partial charge in [-0.1, -0.05) is 18.2 Å².